The molecule has 2 atom stereocenters. The Morgan fingerprint density at radius 1 is 1.03 bits per heavy atom. The van der Waals surface area contributed by atoms with Crippen molar-refractivity contribution in [2.24, 2.45) is 11.8 Å². The van der Waals surface area contributed by atoms with Gasteiger partial charge in [0.05, 0.1) is 5.60 Å². The molecule has 4 heterocycles. The first-order chi connectivity index (χ1) is 16.9. The van der Waals surface area contributed by atoms with Crippen molar-refractivity contribution in [3.63, 3.8) is 0 Å². The number of hydrogen-bond donors (Lipinski definition) is 1. The van der Waals surface area contributed by atoms with Crippen LogP contribution in [0.1, 0.15) is 49.1 Å². The monoisotopic (exact) mass is 535 g/mol. The lowest BCUT2D eigenvalue weighted by atomic mass is 9.79. The van der Waals surface area contributed by atoms with Crippen LogP contribution in [0, 0.1) is 11.8 Å². The Morgan fingerprint density at radius 3 is 2.49 bits per heavy atom. The van der Waals surface area contributed by atoms with Gasteiger partial charge in [0.25, 0.3) is 0 Å². The Bertz CT molecular complexity index is 955. The minimum absolute atomic E-state index is 0.432. The number of piperidine rings is 2. The van der Waals surface area contributed by atoms with E-state index in [1.807, 2.05) is 12.1 Å². The molecule has 5 rings (SSSR count). The van der Waals surface area contributed by atoms with Crippen molar-refractivity contribution in [2.45, 2.75) is 50.2 Å². The molecule has 2 unspecified atom stereocenters. The van der Waals surface area contributed by atoms with Crippen molar-refractivity contribution in [3.05, 3.63) is 56.2 Å². The van der Waals surface area contributed by atoms with Gasteiger partial charge in [-0.2, -0.15) is 11.3 Å². The topological polar surface area (TPSA) is 30.0 Å². The molecular formula is C28H39Cl2N3OS. The van der Waals surface area contributed by atoms with Crippen LogP contribution in [-0.2, 0) is 6.54 Å². The summed E-state index contributed by atoms with van der Waals surface area (Å²) in [4.78, 5) is 7.61. The van der Waals surface area contributed by atoms with Crippen molar-refractivity contribution < 1.29 is 5.11 Å². The molecule has 4 nitrogen and oxygen atoms in total. The average Bonchev–Trinajstić information content (AvgIpc) is 3.49. The highest BCUT2D eigenvalue weighted by molar-refractivity contribution is 7.08. The predicted octanol–water partition coefficient (Wildman–Crippen LogP) is 5.83. The van der Waals surface area contributed by atoms with E-state index in [1.165, 1.54) is 18.4 Å². The first kappa shape index (κ1) is 26.0. The van der Waals surface area contributed by atoms with E-state index in [4.69, 9.17) is 23.2 Å². The molecule has 0 spiro atoms. The average molecular weight is 537 g/mol. The van der Waals surface area contributed by atoms with E-state index in [2.05, 4.69) is 44.6 Å². The van der Waals surface area contributed by atoms with Crippen LogP contribution in [0.2, 0.25) is 10.0 Å². The zero-order valence-electron chi connectivity index (χ0n) is 20.8. The molecular weight excluding hydrogens is 497 g/mol. The smallest absolute Gasteiger partial charge is 0.0674 e. The van der Waals surface area contributed by atoms with E-state index in [1.54, 1.807) is 11.3 Å². The molecule has 0 aliphatic carbocycles. The molecule has 0 radical (unpaired) electrons. The molecule has 35 heavy (non-hydrogen) atoms. The lowest BCUT2D eigenvalue weighted by molar-refractivity contribution is -0.0409. The minimum atomic E-state index is -0.432. The van der Waals surface area contributed by atoms with Gasteiger partial charge in [-0.1, -0.05) is 29.3 Å². The van der Waals surface area contributed by atoms with Crippen LogP contribution < -0.4 is 0 Å². The fourth-order valence-corrected chi connectivity index (χ4v) is 7.70. The first-order valence-corrected chi connectivity index (χ1v) is 14.9. The third kappa shape index (κ3) is 6.62. The number of thiophene rings is 1. The molecule has 0 saturated carbocycles. The van der Waals surface area contributed by atoms with Gasteiger partial charge < -0.3 is 14.9 Å². The summed E-state index contributed by atoms with van der Waals surface area (Å²) in [6.07, 6.45) is 5.30. The summed E-state index contributed by atoms with van der Waals surface area (Å²) in [5.74, 6) is 1.87. The second-order valence-electron chi connectivity index (χ2n) is 11.3. The number of nitrogens with zero attached hydrogens (tertiary/aromatic N) is 3. The quantitative estimate of drug-likeness (QED) is 0.483. The van der Waals surface area contributed by atoms with Gasteiger partial charge >= 0.3 is 0 Å². The maximum Gasteiger partial charge on any atom is 0.0674 e. The zero-order valence-corrected chi connectivity index (χ0v) is 23.2. The third-order valence-corrected chi connectivity index (χ3v) is 9.97. The lowest BCUT2D eigenvalue weighted by Crippen LogP contribution is -2.45. The van der Waals surface area contributed by atoms with Crippen molar-refractivity contribution in [1.82, 2.24) is 14.7 Å². The van der Waals surface area contributed by atoms with Crippen molar-refractivity contribution in [1.29, 1.82) is 0 Å². The molecule has 1 aromatic heterocycles. The van der Waals surface area contributed by atoms with Crippen molar-refractivity contribution in [3.8, 4) is 0 Å². The molecule has 0 amide bonds. The Balaban J connectivity index is 1.17. The number of halogens is 2. The van der Waals surface area contributed by atoms with Gasteiger partial charge in [-0.3, -0.25) is 4.90 Å². The van der Waals surface area contributed by atoms with Crippen LogP contribution in [0.3, 0.4) is 0 Å². The van der Waals surface area contributed by atoms with Crippen molar-refractivity contribution in [2.75, 3.05) is 52.9 Å². The number of benzene rings is 1. The maximum absolute atomic E-state index is 11.1. The van der Waals surface area contributed by atoms with E-state index in [-0.39, 0.29) is 0 Å². The number of aliphatic hydroxyl groups is 1. The molecule has 7 heteroatoms. The van der Waals surface area contributed by atoms with E-state index in [9.17, 15) is 5.11 Å². The molecule has 192 valence electrons. The second-order valence-corrected chi connectivity index (χ2v) is 13.0. The normalized spacial score (nSPS) is 27.0. The van der Waals surface area contributed by atoms with E-state index < -0.39 is 5.60 Å². The highest BCUT2D eigenvalue weighted by Crippen LogP contribution is 2.38. The summed E-state index contributed by atoms with van der Waals surface area (Å²) in [5, 5.41) is 17.1. The summed E-state index contributed by atoms with van der Waals surface area (Å²) in [7, 11) is 2.16. The molecule has 3 aliphatic rings. The van der Waals surface area contributed by atoms with E-state index in [0.29, 0.717) is 22.8 Å². The zero-order chi connectivity index (χ0) is 24.4. The fourth-order valence-electron chi connectivity index (χ4n) is 6.51. The Kier molecular flexibility index (Phi) is 8.45. The van der Waals surface area contributed by atoms with Gasteiger partial charge in [0.1, 0.15) is 0 Å². The van der Waals surface area contributed by atoms with Crippen LogP contribution in [0.15, 0.2) is 35.0 Å². The van der Waals surface area contributed by atoms with Crippen LogP contribution in [0.4, 0.5) is 0 Å². The summed E-state index contributed by atoms with van der Waals surface area (Å²) in [6, 6.07) is 8.18. The second kappa shape index (κ2) is 11.4. The van der Waals surface area contributed by atoms with E-state index in [0.717, 1.165) is 82.2 Å². The number of hydrogen-bond acceptors (Lipinski definition) is 5. The van der Waals surface area contributed by atoms with Gasteiger partial charge in [-0.25, -0.2) is 0 Å². The summed E-state index contributed by atoms with van der Waals surface area (Å²) in [5.41, 5.74) is 2.22. The number of likely N-dealkylation sites (tertiary alicyclic amines) is 3. The van der Waals surface area contributed by atoms with Crippen LogP contribution in [0.5, 0.6) is 0 Å². The van der Waals surface area contributed by atoms with Gasteiger partial charge in [-0.05, 0) is 104 Å². The maximum atomic E-state index is 11.1. The van der Waals surface area contributed by atoms with E-state index >= 15 is 0 Å². The summed E-state index contributed by atoms with van der Waals surface area (Å²) in [6.45, 7) is 8.60. The van der Waals surface area contributed by atoms with Crippen LogP contribution >= 0.6 is 34.5 Å². The van der Waals surface area contributed by atoms with Gasteiger partial charge in [-0.15, -0.1) is 0 Å². The molecule has 0 bridgehead atoms. The molecule has 2 aromatic rings. The number of rotatable bonds is 7. The summed E-state index contributed by atoms with van der Waals surface area (Å²) < 4.78 is 0. The first-order valence-electron chi connectivity index (χ1n) is 13.2. The Morgan fingerprint density at radius 2 is 1.80 bits per heavy atom. The standard InChI is InChI=1S/C28H39Cl2N3OS/c1-31-11-7-28(34,8-12-31)15-21-4-9-32(10-5-21)17-24-18-33(19-26(24)23-6-13-35-20-23)16-22-2-3-25(29)14-27(22)30/h2-3,6,13-14,20-21,24,26,34H,4-5,7-12,15-19H2,1H3. The molecule has 3 fully saturated rings. The largest absolute Gasteiger partial charge is 0.390 e. The Labute approximate surface area is 224 Å². The molecule has 3 saturated heterocycles. The SMILES string of the molecule is CN1CCC(O)(CC2CCN(CC3CN(Cc4ccc(Cl)cc4Cl)CC3c3ccsc3)CC2)CC1. The minimum Gasteiger partial charge on any atom is -0.390 e. The van der Waals surface area contributed by atoms with Crippen LogP contribution in [-0.4, -0.2) is 78.3 Å². The fraction of sp³-hybridized carbons (Fsp3) is 0.643. The Hall–Kier alpha value is -0.660. The van der Waals surface area contributed by atoms with Crippen LogP contribution in [0.25, 0.3) is 0 Å². The molecule has 1 N–H and O–H groups in total. The third-order valence-electron chi connectivity index (χ3n) is 8.68. The van der Waals surface area contributed by atoms with Gasteiger partial charge in [0, 0.05) is 55.2 Å². The van der Waals surface area contributed by atoms with Gasteiger partial charge in [0.15, 0.2) is 0 Å². The van der Waals surface area contributed by atoms with Gasteiger partial charge in [0.2, 0.25) is 0 Å². The molecule has 1 aromatic carbocycles. The highest BCUT2D eigenvalue weighted by Gasteiger charge is 2.38. The van der Waals surface area contributed by atoms with Crippen molar-refractivity contribution >= 4 is 34.5 Å². The molecule has 3 aliphatic heterocycles. The highest BCUT2D eigenvalue weighted by atomic mass is 35.5. The predicted molar refractivity (Wildman–Crippen MR) is 148 cm³/mol. The summed E-state index contributed by atoms with van der Waals surface area (Å²) >= 11 is 14.4. The lowest BCUT2D eigenvalue weighted by Gasteiger charge is -2.41.